The van der Waals surface area contributed by atoms with E-state index < -0.39 is 10.9 Å². The van der Waals surface area contributed by atoms with Crippen molar-refractivity contribution >= 4 is 23.1 Å². The van der Waals surface area contributed by atoms with E-state index in [1.54, 1.807) is 0 Å². The van der Waals surface area contributed by atoms with Crippen LogP contribution in [0.4, 0.5) is 21.9 Å². The van der Waals surface area contributed by atoms with Crippen molar-refractivity contribution in [3.63, 3.8) is 0 Å². The second kappa shape index (κ2) is 5.36. The van der Waals surface area contributed by atoms with Gasteiger partial charge in [0.2, 0.25) is 0 Å². The zero-order valence-corrected chi connectivity index (χ0v) is 13.1. The molecule has 0 radical (unpaired) electrons. The molecule has 1 fully saturated rings. The van der Waals surface area contributed by atoms with Gasteiger partial charge < -0.3 is 20.9 Å². The summed E-state index contributed by atoms with van der Waals surface area (Å²) in [5.74, 6) is 0. The SMILES string of the molecule is Nc1c(N2CCC(N3Cc4ccccc4NC3=O)CC2)c(=O)c1=O. The van der Waals surface area contributed by atoms with Crippen molar-refractivity contribution in [1.82, 2.24) is 4.90 Å². The maximum atomic E-state index is 12.4. The van der Waals surface area contributed by atoms with Crippen LogP contribution < -0.4 is 26.8 Å². The summed E-state index contributed by atoms with van der Waals surface area (Å²) in [5.41, 5.74) is 6.96. The summed E-state index contributed by atoms with van der Waals surface area (Å²) in [6, 6.07) is 7.82. The minimum atomic E-state index is -0.584. The van der Waals surface area contributed by atoms with Crippen molar-refractivity contribution in [2.75, 3.05) is 29.0 Å². The number of nitrogens with one attached hydrogen (secondary N) is 1. The standard InChI is InChI=1S/C17H18N4O3/c18-13-14(16(23)15(13)22)20-7-5-11(6-8-20)21-9-10-3-1-2-4-12(10)19-17(21)24/h1-4,11H,5-9,18H2,(H,19,24). The number of carbonyl (C=O) groups is 1. The Labute approximate surface area is 138 Å². The van der Waals surface area contributed by atoms with Crippen molar-refractivity contribution in [3.8, 4) is 0 Å². The van der Waals surface area contributed by atoms with Gasteiger partial charge in [-0.15, -0.1) is 0 Å². The van der Waals surface area contributed by atoms with Crippen LogP contribution >= 0.6 is 0 Å². The first-order valence-corrected chi connectivity index (χ1v) is 8.05. The highest BCUT2D eigenvalue weighted by Gasteiger charge is 2.33. The number of nitrogens with zero attached hydrogens (tertiary/aromatic N) is 2. The Morgan fingerprint density at radius 1 is 1.04 bits per heavy atom. The Morgan fingerprint density at radius 2 is 1.75 bits per heavy atom. The lowest BCUT2D eigenvalue weighted by Crippen LogP contribution is -2.52. The number of hydrogen-bond donors (Lipinski definition) is 2. The Morgan fingerprint density at radius 3 is 2.46 bits per heavy atom. The molecule has 0 atom stereocenters. The fraction of sp³-hybridized carbons (Fsp3) is 0.353. The maximum absolute atomic E-state index is 12.4. The summed E-state index contributed by atoms with van der Waals surface area (Å²) in [6.45, 7) is 1.82. The molecule has 1 saturated heterocycles. The highest BCUT2D eigenvalue weighted by molar-refractivity contribution is 5.92. The lowest BCUT2D eigenvalue weighted by atomic mass is 9.99. The molecule has 24 heavy (non-hydrogen) atoms. The number of amides is 2. The zero-order chi connectivity index (χ0) is 16.8. The molecule has 2 amide bonds. The fourth-order valence-electron chi connectivity index (χ4n) is 3.63. The first-order valence-electron chi connectivity index (χ1n) is 8.05. The molecule has 3 N–H and O–H groups in total. The summed E-state index contributed by atoms with van der Waals surface area (Å²) >= 11 is 0. The topological polar surface area (TPSA) is 95.7 Å². The number of hydrogen-bond acceptors (Lipinski definition) is 5. The van der Waals surface area contributed by atoms with E-state index in [4.69, 9.17) is 5.73 Å². The van der Waals surface area contributed by atoms with E-state index in [0.717, 1.165) is 24.1 Å². The molecule has 7 nitrogen and oxygen atoms in total. The van der Waals surface area contributed by atoms with Crippen molar-refractivity contribution in [2.24, 2.45) is 0 Å². The van der Waals surface area contributed by atoms with E-state index >= 15 is 0 Å². The third kappa shape index (κ3) is 2.16. The lowest BCUT2D eigenvalue weighted by molar-refractivity contribution is 0.167. The van der Waals surface area contributed by atoms with Gasteiger partial charge in [0.1, 0.15) is 11.4 Å². The summed E-state index contributed by atoms with van der Waals surface area (Å²) < 4.78 is 0. The largest absolute Gasteiger partial charge is 0.394 e. The average Bonchev–Trinajstić information content (AvgIpc) is 2.61. The van der Waals surface area contributed by atoms with Gasteiger partial charge in [-0.2, -0.15) is 0 Å². The Bertz CT molecular complexity index is 876. The van der Waals surface area contributed by atoms with Gasteiger partial charge in [0.05, 0.1) is 0 Å². The van der Waals surface area contributed by atoms with Crippen LogP contribution in [0.2, 0.25) is 0 Å². The molecule has 2 aromatic carbocycles. The van der Waals surface area contributed by atoms with Gasteiger partial charge in [-0.25, -0.2) is 4.79 Å². The number of benzene rings is 1. The summed E-state index contributed by atoms with van der Waals surface area (Å²) in [5, 5.41) is 2.93. The van der Waals surface area contributed by atoms with Gasteiger partial charge in [-0.05, 0) is 24.5 Å². The zero-order valence-electron chi connectivity index (χ0n) is 13.1. The van der Waals surface area contributed by atoms with Crippen LogP contribution in [-0.2, 0) is 6.54 Å². The van der Waals surface area contributed by atoms with Gasteiger partial charge >= 0.3 is 6.03 Å². The Kier molecular flexibility index (Phi) is 3.30. The van der Waals surface area contributed by atoms with E-state index in [1.165, 1.54) is 0 Å². The van der Waals surface area contributed by atoms with Gasteiger partial charge in [0.25, 0.3) is 10.9 Å². The van der Waals surface area contributed by atoms with E-state index in [9.17, 15) is 14.4 Å². The molecule has 0 bridgehead atoms. The molecule has 0 spiro atoms. The minimum Gasteiger partial charge on any atom is -0.394 e. The van der Waals surface area contributed by atoms with Gasteiger partial charge in [-0.1, -0.05) is 18.2 Å². The normalized spacial score (nSPS) is 18.6. The molecular weight excluding hydrogens is 308 g/mol. The smallest absolute Gasteiger partial charge is 0.322 e. The van der Waals surface area contributed by atoms with Crippen LogP contribution in [0.1, 0.15) is 18.4 Å². The minimum absolute atomic E-state index is 0.0723. The predicted octanol–water partition coefficient (Wildman–Crippen LogP) is 0.881. The number of carbonyl (C=O) groups excluding carboxylic acids is 1. The van der Waals surface area contributed by atoms with Crippen LogP contribution in [0, 0.1) is 0 Å². The van der Waals surface area contributed by atoms with Crippen LogP contribution in [0.3, 0.4) is 0 Å². The highest BCUT2D eigenvalue weighted by atomic mass is 16.2. The third-order valence-corrected chi connectivity index (χ3v) is 5.00. The number of piperidine rings is 1. The van der Waals surface area contributed by atoms with E-state index in [-0.39, 0.29) is 17.8 Å². The lowest BCUT2D eigenvalue weighted by Gasteiger charge is -2.41. The summed E-state index contributed by atoms with van der Waals surface area (Å²) in [4.78, 5) is 39.0. The number of rotatable bonds is 2. The molecule has 0 saturated carbocycles. The average molecular weight is 326 g/mol. The molecular formula is C17H18N4O3. The van der Waals surface area contributed by atoms with Crippen LogP contribution in [0.5, 0.6) is 0 Å². The second-order valence-corrected chi connectivity index (χ2v) is 6.35. The van der Waals surface area contributed by atoms with Crippen LogP contribution in [-0.4, -0.2) is 30.1 Å². The summed E-state index contributed by atoms with van der Waals surface area (Å²) in [6.07, 6.45) is 1.49. The predicted molar refractivity (Wildman–Crippen MR) is 92.0 cm³/mol. The first kappa shape index (κ1) is 14.7. The van der Waals surface area contributed by atoms with E-state index in [1.807, 2.05) is 34.1 Å². The molecule has 0 aromatic heterocycles. The fourth-order valence-corrected chi connectivity index (χ4v) is 3.63. The van der Waals surface area contributed by atoms with Gasteiger partial charge in [0, 0.05) is 31.4 Å². The molecule has 2 aliphatic heterocycles. The van der Waals surface area contributed by atoms with Gasteiger partial charge in [-0.3, -0.25) is 9.59 Å². The molecule has 4 rings (SSSR count). The highest BCUT2D eigenvalue weighted by Crippen LogP contribution is 2.29. The van der Waals surface area contributed by atoms with Crippen molar-refractivity contribution in [3.05, 3.63) is 50.3 Å². The molecule has 2 heterocycles. The quantitative estimate of drug-likeness (QED) is 0.799. The van der Waals surface area contributed by atoms with Crippen LogP contribution in [0.25, 0.3) is 0 Å². The van der Waals surface area contributed by atoms with Crippen molar-refractivity contribution in [2.45, 2.75) is 25.4 Å². The molecule has 124 valence electrons. The van der Waals surface area contributed by atoms with Crippen molar-refractivity contribution in [1.29, 1.82) is 0 Å². The number of fused-ring (bicyclic) bond motifs is 1. The third-order valence-electron chi connectivity index (χ3n) is 5.00. The van der Waals surface area contributed by atoms with E-state index in [0.29, 0.717) is 25.3 Å². The molecule has 7 heteroatoms. The number of para-hydroxylation sites is 1. The number of nitrogens with two attached hydrogens (primary N) is 1. The molecule has 2 aliphatic rings. The Balaban J connectivity index is 1.46. The van der Waals surface area contributed by atoms with E-state index in [2.05, 4.69) is 5.32 Å². The maximum Gasteiger partial charge on any atom is 0.322 e. The van der Waals surface area contributed by atoms with Gasteiger partial charge in [0.15, 0.2) is 0 Å². The van der Waals surface area contributed by atoms with Crippen LogP contribution in [0.15, 0.2) is 33.9 Å². The second-order valence-electron chi connectivity index (χ2n) is 6.35. The molecule has 2 aromatic rings. The number of nitrogen functional groups attached to an aromatic ring is 1. The van der Waals surface area contributed by atoms with Crippen molar-refractivity contribution < 1.29 is 4.79 Å². The summed E-state index contributed by atoms with van der Waals surface area (Å²) in [7, 11) is 0. The number of anilines is 3. The molecule has 0 unspecified atom stereocenters. The Hall–Kier alpha value is -2.83. The number of urea groups is 1. The monoisotopic (exact) mass is 326 g/mol. The first-order chi connectivity index (χ1) is 11.6. The molecule has 0 aliphatic carbocycles.